The molecule has 3 rings (SSSR count). The highest BCUT2D eigenvalue weighted by Crippen LogP contribution is 2.22. The van der Waals surface area contributed by atoms with Gasteiger partial charge in [0.05, 0.1) is 0 Å². The van der Waals surface area contributed by atoms with Crippen LogP contribution in [0.5, 0.6) is 0 Å². The van der Waals surface area contributed by atoms with Gasteiger partial charge in [0.15, 0.2) is 11.6 Å². The van der Waals surface area contributed by atoms with Crippen molar-refractivity contribution in [1.82, 2.24) is 15.3 Å². The van der Waals surface area contributed by atoms with Gasteiger partial charge in [-0.25, -0.2) is 18.6 Å². The molecule has 1 saturated carbocycles. The van der Waals surface area contributed by atoms with Gasteiger partial charge in [-0.05, 0) is 50.8 Å². The molecule has 1 aliphatic carbocycles. The molecule has 0 unspecified atom stereocenters. The second-order valence-electron chi connectivity index (χ2n) is 7.57. The number of aromatic nitrogens is 2. The Kier molecular flexibility index (Phi) is 9.10. The molecule has 1 heterocycles. The number of aryl methyl sites for hydroxylation is 1. The van der Waals surface area contributed by atoms with Crippen LogP contribution in [-0.4, -0.2) is 52.3 Å². The number of anilines is 2. The van der Waals surface area contributed by atoms with Crippen LogP contribution in [0.2, 0.25) is 0 Å². The minimum Gasteiger partial charge on any atom is -0.475 e. The number of benzene rings is 1. The van der Waals surface area contributed by atoms with Gasteiger partial charge in [0.2, 0.25) is 5.95 Å². The number of alkyl halides is 3. The molecular weight excluding hydrogens is 465 g/mol. The van der Waals surface area contributed by atoms with Crippen LogP contribution in [0.25, 0.3) is 0 Å². The fourth-order valence-electron chi connectivity index (χ4n) is 3.24. The number of nitrogens with zero attached hydrogens (tertiary/aromatic N) is 2. The summed E-state index contributed by atoms with van der Waals surface area (Å²) in [4.78, 5) is 29.8. The first-order chi connectivity index (χ1) is 15.9. The summed E-state index contributed by atoms with van der Waals surface area (Å²) in [6, 6.07) is 3.41. The van der Waals surface area contributed by atoms with Crippen LogP contribution in [0.15, 0.2) is 24.4 Å². The third-order valence-electron chi connectivity index (χ3n) is 5.03. The predicted octanol–water partition coefficient (Wildman–Crippen LogP) is 3.89. The second kappa shape index (κ2) is 11.6. The fraction of sp³-hybridized carbons (Fsp3) is 0.429. The molecule has 13 heteroatoms. The zero-order chi connectivity index (χ0) is 25.5. The maximum absolute atomic E-state index is 13.3. The molecule has 0 atom stereocenters. The summed E-state index contributed by atoms with van der Waals surface area (Å²) in [5, 5.41) is 16.4. The zero-order valence-electron chi connectivity index (χ0n) is 18.3. The van der Waals surface area contributed by atoms with Crippen molar-refractivity contribution in [3.05, 3.63) is 47.2 Å². The van der Waals surface area contributed by atoms with Crippen molar-refractivity contribution in [2.24, 2.45) is 0 Å². The molecule has 1 amide bonds. The van der Waals surface area contributed by atoms with Gasteiger partial charge in [-0.2, -0.15) is 18.2 Å². The number of nitrogens with one attached hydrogen (secondary N) is 3. The van der Waals surface area contributed by atoms with Crippen molar-refractivity contribution in [1.29, 1.82) is 0 Å². The van der Waals surface area contributed by atoms with Crippen molar-refractivity contribution in [3.63, 3.8) is 0 Å². The Balaban J connectivity index is 0.000000509. The molecule has 8 nitrogen and oxygen atoms in total. The summed E-state index contributed by atoms with van der Waals surface area (Å²) in [6.07, 6.45) is -0.0196. The predicted molar refractivity (Wildman–Crippen MR) is 113 cm³/mol. The van der Waals surface area contributed by atoms with Crippen LogP contribution in [0, 0.1) is 18.6 Å². The Morgan fingerprint density at radius 3 is 2.18 bits per heavy atom. The van der Waals surface area contributed by atoms with Crippen LogP contribution in [-0.2, 0) is 4.79 Å². The van der Waals surface area contributed by atoms with Crippen LogP contribution >= 0.6 is 0 Å². The van der Waals surface area contributed by atoms with E-state index in [1.165, 1.54) is 6.07 Å². The molecule has 186 valence electrons. The average molecular weight is 489 g/mol. The highest BCUT2D eigenvalue weighted by molar-refractivity contribution is 5.94. The summed E-state index contributed by atoms with van der Waals surface area (Å²) in [7, 11) is 1.82. The SMILES string of the molecule is CNc1nc(NC2CCC(NC(=O)c3ccc(F)c(F)c3)CC2)ncc1C.O=C(O)C(F)(F)F. The highest BCUT2D eigenvalue weighted by Gasteiger charge is 2.38. The third kappa shape index (κ3) is 7.81. The first-order valence-electron chi connectivity index (χ1n) is 10.2. The normalized spacial score (nSPS) is 17.7. The summed E-state index contributed by atoms with van der Waals surface area (Å²) in [5.74, 6) is -3.75. The summed E-state index contributed by atoms with van der Waals surface area (Å²) < 4.78 is 58.0. The summed E-state index contributed by atoms with van der Waals surface area (Å²) in [5.41, 5.74) is 1.11. The number of aliphatic carboxylic acids is 1. The van der Waals surface area contributed by atoms with Crippen molar-refractivity contribution < 1.29 is 36.6 Å². The minimum atomic E-state index is -5.08. The Bertz CT molecular complexity index is 1010. The molecule has 1 fully saturated rings. The number of carboxylic acid groups (broad SMARTS) is 1. The van der Waals surface area contributed by atoms with Gasteiger partial charge in [0.25, 0.3) is 5.91 Å². The lowest BCUT2D eigenvalue weighted by atomic mass is 9.91. The molecule has 0 aliphatic heterocycles. The highest BCUT2D eigenvalue weighted by atomic mass is 19.4. The van der Waals surface area contributed by atoms with E-state index < -0.39 is 23.8 Å². The molecule has 1 aromatic carbocycles. The lowest BCUT2D eigenvalue weighted by Gasteiger charge is -2.29. The minimum absolute atomic E-state index is 0.00969. The second-order valence-corrected chi connectivity index (χ2v) is 7.57. The van der Waals surface area contributed by atoms with Gasteiger partial charge in [-0.3, -0.25) is 4.79 Å². The molecule has 0 bridgehead atoms. The van der Waals surface area contributed by atoms with Crippen molar-refractivity contribution >= 4 is 23.6 Å². The quantitative estimate of drug-likeness (QED) is 0.471. The van der Waals surface area contributed by atoms with Crippen LogP contribution in [0.3, 0.4) is 0 Å². The Morgan fingerprint density at radius 1 is 1.06 bits per heavy atom. The van der Waals surface area contributed by atoms with E-state index in [0.29, 0.717) is 5.95 Å². The summed E-state index contributed by atoms with van der Waals surface area (Å²) in [6.45, 7) is 1.94. The first kappa shape index (κ1) is 26.7. The van der Waals surface area contributed by atoms with E-state index in [0.717, 1.165) is 49.2 Å². The van der Waals surface area contributed by atoms with Gasteiger partial charge in [0, 0.05) is 36.5 Å². The molecule has 1 aliphatic rings. The summed E-state index contributed by atoms with van der Waals surface area (Å²) >= 11 is 0. The van der Waals surface area contributed by atoms with Crippen LogP contribution in [0.1, 0.15) is 41.6 Å². The topological polar surface area (TPSA) is 116 Å². The van der Waals surface area contributed by atoms with Crippen LogP contribution in [0.4, 0.5) is 33.7 Å². The van der Waals surface area contributed by atoms with Gasteiger partial charge >= 0.3 is 12.1 Å². The van der Waals surface area contributed by atoms with Gasteiger partial charge in [-0.1, -0.05) is 0 Å². The largest absolute Gasteiger partial charge is 0.490 e. The average Bonchev–Trinajstić information content (AvgIpc) is 2.78. The van der Waals surface area contributed by atoms with Gasteiger partial charge < -0.3 is 21.1 Å². The maximum atomic E-state index is 13.3. The molecule has 0 saturated heterocycles. The molecule has 34 heavy (non-hydrogen) atoms. The zero-order valence-corrected chi connectivity index (χ0v) is 18.3. The monoisotopic (exact) mass is 489 g/mol. The number of halogens is 5. The number of carbonyl (C=O) groups is 2. The van der Waals surface area contributed by atoms with E-state index in [9.17, 15) is 26.7 Å². The number of hydrogen-bond acceptors (Lipinski definition) is 6. The smallest absolute Gasteiger partial charge is 0.475 e. The van der Waals surface area contributed by atoms with Crippen molar-refractivity contribution in [2.75, 3.05) is 17.7 Å². The molecule has 4 N–H and O–H groups in total. The standard InChI is InChI=1S/C19H23F2N5O.C2HF3O2/c1-11-10-23-19(26-17(11)22-2)25-14-6-4-13(5-7-14)24-18(27)12-3-8-15(20)16(21)9-12;3-2(4,5)1(6)7/h3,8-10,13-14H,4-7H2,1-2H3,(H,24,27)(H2,22,23,25,26);(H,6,7). The number of carbonyl (C=O) groups excluding carboxylic acids is 1. The van der Waals surface area contributed by atoms with E-state index in [2.05, 4.69) is 25.9 Å². The van der Waals surface area contributed by atoms with E-state index in [1.54, 1.807) is 6.20 Å². The number of rotatable bonds is 5. The van der Waals surface area contributed by atoms with E-state index >= 15 is 0 Å². The number of carboxylic acids is 1. The molecular formula is C21H24F5N5O3. The van der Waals surface area contributed by atoms with Crippen molar-refractivity contribution in [2.45, 2.75) is 50.9 Å². The number of amides is 1. The molecule has 0 spiro atoms. The molecule has 1 aromatic heterocycles. The molecule has 0 radical (unpaired) electrons. The Morgan fingerprint density at radius 2 is 1.65 bits per heavy atom. The maximum Gasteiger partial charge on any atom is 0.490 e. The number of hydrogen-bond donors (Lipinski definition) is 4. The Hall–Kier alpha value is -3.51. The first-order valence-corrected chi connectivity index (χ1v) is 10.2. The van der Waals surface area contributed by atoms with Gasteiger partial charge in [-0.15, -0.1) is 0 Å². The Labute approximate surface area is 192 Å². The third-order valence-corrected chi connectivity index (χ3v) is 5.03. The molecule has 2 aromatic rings. The van der Waals surface area contributed by atoms with Gasteiger partial charge in [0.1, 0.15) is 5.82 Å². The van der Waals surface area contributed by atoms with Crippen molar-refractivity contribution in [3.8, 4) is 0 Å². The van der Waals surface area contributed by atoms with Crippen LogP contribution < -0.4 is 16.0 Å². The lowest BCUT2D eigenvalue weighted by Crippen LogP contribution is -2.40. The van der Waals surface area contributed by atoms with E-state index in [-0.39, 0.29) is 23.6 Å². The lowest BCUT2D eigenvalue weighted by molar-refractivity contribution is -0.192. The fourth-order valence-corrected chi connectivity index (χ4v) is 3.24. The van der Waals surface area contributed by atoms with E-state index in [1.807, 2.05) is 14.0 Å². The van der Waals surface area contributed by atoms with E-state index in [4.69, 9.17) is 9.90 Å².